The van der Waals surface area contributed by atoms with E-state index in [0.717, 1.165) is 6.08 Å². The van der Waals surface area contributed by atoms with Gasteiger partial charge in [-0.05, 0) is 0 Å². The van der Waals surface area contributed by atoms with Crippen LogP contribution >= 0.6 is 0 Å². The van der Waals surface area contributed by atoms with Gasteiger partial charge < -0.3 is 45.2 Å². The number of rotatable bonds is 3. The SMILES string of the molecule is N#C/C=C1/[C@@H](O[C@@H]2O[C@H](CO)[C@@H](O)[C@H](O)[C@H]2O)C[C@H](O)[C@H](O)[C@H]1O. The summed E-state index contributed by atoms with van der Waals surface area (Å²) in [6.45, 7) is -0.639. The highest BCUT2D eigenvalue weighted by atomic mass is 16.7. The molecule has 0 amide bonds. The summed E-state index contributed by atoms with van der Waals surface area (Å²) in [5.74, 6) is 0. The van der Waals surface area contributed by atoms with Gasteiger partial charge in [-0.1, -0.05) is 0 Å². The second kappa shape index (κ2) is 7.83. The zero-order chi connectivity index (χ0) is 18.0. The van der Waals surface area contributed by atoms with Crippen molar-refractivity contribution in [2.75, 3.05) is 6.61 Å². The fourth-order valence-electron chi connectivity index (χ4n) is 2.82. The van der Waals surface area contributed by atoms with Crippen molar-refractivity contribution in [1.82, 2.24) is 0 Å². The Bertz CT molecular complexity index is 505. The molecular formula is C14H21NO9. The average molecular weight is 347 g/mol. The standard InChI is InChI=1S/C14H21NO9/c15-2-1-5-7(3-6(17)10(19)9(5)18)23-14-13(22)12(21)11(20)8(4-16)24-14/h1,6-14,16-22H,3-4H2/b5-1-/t6-,7-,8+,9-,10-,11+,12-,13+,14+/m0/s1. The minimum absolute atomic E-state index is 0.0211. The summed E-state index contributed by atoms with van der Waals surface area (Å²) in [4.78, 5) is 0. The van der Waals surface area contributed by atoms with Crippen LogP contribution in [0.1, 0.15) is 6.42 Å². The second-order valence-corrected chi connectivity index (χ2v) is 5.83. The Morgan fingerprint density at radius 1 is 1.08 bits per heavy atom. The fourth-order valence-corrected chi connectivity index (χ4v) is 2.82. The Balaban J connectivity index is 2.18. The Hall–Kier alpha value is -1.13. The summed E-state index contributed by atoms with van der Waals surface area (Å²) in [5.41, 5.74) is -0.0211. The summed E-state index contributed by atoms with van der Waals surface area (Å²) in [5, 5.41) is 76.7. The van der Waals surface area contributed by atoms with Crippen LogP contribution in [0.25, 0.3) is 0 Å². The van der Waals surface area contributed by atoms with Gasteiger partial charge in [0, 0.05) is 18.1 Å². The maximum atomic E-state index is 9.95. The maximum Gasteiger partial charge on any atom is 0.187 e. The first-order chi connectivity index (χ1) is 11.3. The van der Waals surface area contributed by atoms with Gasteiger partial charge in [-0.25, -0.2) is 0 Å². The molecule has 2 rings (SSSR count). The predicted octanol–water partition coefficient (Wildman–Crippen LogP) is -3.89. The molecule has 9 atom stereocenters. The van der Waals surface area contributed by atoms with Crippen LogP contribution in [0.4, 0.5) is 0 Å². The molecule has 10 heteroatoms. The number of nitriles is 1. The molecule has 10 nitrogen and oxygen atoms in total. The molecular weight excluding hydrogens is 326 g/mol. The number of hydrogen-bond donors (Lipinski definition) is 7. The molecule has 1 aliphatic carbocycles. The van der Waals surface area contributed by atoms with Crippen molar-refractivity contribution < 1.29 is 45.2 Å². The van der Waals surface area contributed by atoms with Gasteiger partial charge in [0.1, 0.15) is 36.6 Å². The van der Waals surface area contributed by atoms with E-state index in [9.17, 15) is 30.6 Å². The van der Waals surface area contributed by atoms with Gasteiger partial charge in [0.15, 0.2) is 6.29 Å². The molecule has 0 radical (unpaired) electrons. The van der Waals surface area contributed by atoms with Gasteiger partial charge in [-0.3, -0.25) is 0 Å². The monoisotopic (exact) mass is 347 g/mol. The van der Waals surface area contributed by atoms with Crippen molar-refractivity contribution >= 4 is 0 Å². The summed E-state index contributed by atoms with van der Waals surface area (Å²) >= 11 is 0. The van der Waals surface area contributed by atoms with Crippen molar-refractivity contribution in [3.8, 4) is 6.07 Å². The van der Waals surface area contributed by atoms with Gasteiger partial charge in [-0.2, -0.15) is 5.26 Å². The summed E-state index contributed by atoms with van der Waals surface area (Å²) in [6.07, 6.45) is -12.2. The van der Waals surface area contributed by atoms with E-state index >= 15 is 0 Å². The van der Waals surface area contributed by atoms with Crippen molar-refractivity contribution in [3.05, 3.63) is 11.6 Å². The Kier molecular flexibility index (Phi) is 6.27. The third-order valence-electron chi connectivity index (χ3n) is 4.26. The van der Waals surface area contributed by atoms with Gasteiger partial charge in [0.2, 0.25) is 0 Å². The number of aliphatic hydroxyl groups excluding tert-OH is 7. The molecule has 136 valence electrons. The molecule has 0 aromatic carbocycles. The van der Waals surface area contributed by atoms with E-state index in [2.05, 4.69) is 0 Å². The van der Waals surface area contributed by atoms with Crippen molar-refractivity contribution in [1.29, 1.82) is 5.26 Å². The fraction of sp³-hybridized carbons (Fsp3) is 0.786. The molecule has 0 unspecified atom stereocenters. The normalized spacial score (nSPS) is 48.2. The molecule has 0 spiro atoms. The Labute approximate surface area is 137 Å². The molecule has 1 saturated carbocycles. The van der Waals surface area contributed by atoms with E-state index in [-0.39, 0.29) is 12.0 Å². The molecule has 1 aliphatic heterocycles. The van der Waals surface area contributed by atoms with E-state index in [1.165, 1.54) is 0 Å². The Morgan fingerprint density at radius 2 is 1.75 bits per heavy atom. The first kappa shape index (κ1) is 19.2. The molecule has 0 aromatic rings. The third kappa shape index (κ3) is 3.60. The molecule has 2 aliphatic rings. The average Bonchev–Trinajstić information content (AvgIpc) is 2.56. The number of hydrogen-bond acceptors (Lipinski definition) is 10. The molecule has 0 aromatic heterocycles. The number of aliphatic hydroxyl groups is 7. The smallest absolute Gasteiger partial charge is 0.187 e. The lowest BCUT2D eigenvalue weighted by atomic mass is 9.84. The predicted molar refractivity (Wildman–Crippen MR) is 75.0 cm³/mol. The topological polar surface area (TPSA) is 184 Å². The quantitative estimate of drug-likeness (QED) is 0.249. The Morgan fingerprint density at radius 3 is 2.33 bits per heavy atom. The largest absolute Gasteiger partial charge is 0.394 e. The molecule has 7 N–H and O–H groups in total. The lowest BCUT2D eigenvalue weighted by molar-refractivity contribution is -0.312. The highest BCUT2D eigenvalue weighted by Gasteiger charge is 2.47. The van der Waals surface area contributed by atoms with Crippen molar-refractivity contribution in [2.24, 2.45) is 0 Å². The summed E-state index contributed by atoms with van der Waals surface area (Å²) in [6, 6.07) is 1.69. The number of ether oxygens (including phenoxy) is 2. The van der Waals surface area contributed by atoms with Crippen LogP contribution in [0, 0.1) is 11.3 Å². The van der Waals surface area contributed by atoms with Gasteiger partial charge in [0.05, 0.1) is 24.9 Å². The minimum atomic E-state index is -1.66. The van der Waals surface area contributed by atoms with Crippen LogP contribution in [-0.2, 0) is 9.47 Å². The lowest BCUT2D eigenvalue weighted by Gasteiger charge is -2.43. The summed E-state index contributed by atoms with van der Waals surface area (Å²) < 4.78 is 10.6. The maximum absolute atomic E-state index is 9.95. The number of allylic oxidation sites excluding steroid dienone is 1. The first-order valence-corrected chi connectivity index (χ1v) is 7.41. The van der Waals surface area contributed by atoms with Crippen LogP contribution in [0.15, 0.2) is 11.6 Å². The van der Waals surface area contributed by atoms with Gasteiger partial charge in [0.25, 0.3) is 0 Å². The molecule has 2 fully saturated rings. The summed E-state index contributed by atoms with van der Waals surface area (Å²) in [7, 11) is 0. The zero-order valence-electron chi connectivity index (χ0n) is 12.6. The van der Waals surface area contributed by atoms with Crippen LogP contribution in [0.3, 0.4) is 0 Å². The van der Waals surface area contributed by atoms with Crippen LogP contribution in [-0.4, -0.2) is 97.5 Å². The molecule has 0 bridgehead atoms. The third-order valence-corrected chi connectivity index (χ3v) is 4.26. The van der Waals surface area contributed by atoms with E-state index < -0.39 is 61.7 Å². The highest BCUT2D eigenvalue weighted by molar-refractivity contribution is 5.26. The first-order valence-electron chi connectivity index (χ1n) is 7.41. The van der Waals surface area contributed by atoms with Crippen LogP contribution in [0.5, 0.6) is 0 Å². The zero-order valence-corrected chi connectivity index (χ0v) is 12.6. The van der Waals surface area contributed by atoms with Crippen LogP contribution in [0.2, 0.25) is 0 Å². The van der Waals surface area contributed by atoms with Crippen molar-refractivity contribution in [2.45, 2.75) is 61.5 Å². The van der Waals surface area contributed by atoms with Crippen LogP contribution < -0.4 is 0 Å². The number of nitrogens with zero attached hydrogens (tertiary/aromatic N) is 1. The minimum Gasteiger partial charge on any atom is -0.394 e. The second-order valence-electron chi connectivity index (χ2n) is 5.83. The van der Waals surface area contributed by atoms with Gasteiger partial charge in [-0.15, -0.1) is 0 Å². The van der Waals surface area contributed by atoms with E-state index in [1.807, 2.05) is 0 Å². The lowest BCUT2D eigenvalue weighted by Crippen LogP contribution is -2.60. The van der Waals surface area contributed by atoms with Crippen molar-refractivity contribution in [3.63, 3.8) is 0 Å². The highest BCUT2D eigenvalue weighted by Crippen LogP contribution is 2.31. The molecule has 1 saturated heterocycles. The van der Waals surface area contributed by atoms with Gasteiger partial charge >= 0.3 is 0 Å². The molecule has 1 heterocycles. The molecule has 24 heavy (non-hydrogen) atoms. The van der Waals surface area contributed by atoms with E-state index in [0.29, 0.717) is 0 Å². The van der Waals surface area contributed by atoms with E-state index in [1.54, 1.807) is 6.07 Å². The van der Waals surface area contributed by atoms with E-state index in [4.69, 9.17) is 19.8 Å².